The van der Waals surface area contributed by atoms with E-state index in [0.29, 0.717) is 11.8 Å². The van der Waals surface area contributed by atoms with Crippen molar-refractivity contribution in [2.24, 2.45) is 5.92 Å². The molecule has 1 fully saturated rings. The summed E-state index contributed by atoms with van der Waals surface area (Å²) in [6.07, 6.45) is 5.20. The second-order valence-electron chi connectivity index (χ2n) is 6.91. The monoisotopic (exact) mass is 366 g/mol. The van der Waals surface area contributed by atoms with Crippen molar-refractivity contribution in [3.63, 3.8) is 0 Å². The van der Waals surface area contributed by atoms with E-state index in [1.807, 2.05) is 31.2 Å². The quantitative estimate of drug-likeness (QED) is 0.709. The van der Waals surface area contributed by atoms with Gasteiger partial charge in [-0.1, -0.05) is 17.3 Å². The van der Waals surface area contributed by atoms with Gasteiger partial charge in [0.15, 0.2) is 5.82 Å². The third-order valence-electron chi connectivity index (χ3n) is 5.09. The standard InChI is InChI=1S/C19H22N6O2/c1-12-11-20-19(21-14-9-7-13(8-10-14)18(26)27-2)22-17(12)25-16-6-4-3-5-15(16)23-24-25/h3-6,11,13-14H,7-10H2,1-2H3,(H,20,21,22). The minimum absolute atomic E-state index is 0.00376. The lowest BCUT2D eigenvalue weighted by atomic mass is 9.86. The van der Waals surface area contributed by atoms with Crippen LogP contribution in [0.4, 0.5) is 5.95 Å². The maximum Gasteiger partial charge on any atom is 0.308 e. The maximum absolute atomic E-state index is 11.7. The zero-order chi connectivity index (χ0) is 18.8. The van der Waals surface area contributed by atoms with Crippen LogP contribution in [-0.4, -0.2) is 44.1 Å². The van der Waals surface area contributed by atoms with Crippen LogP contribution in [-0.2, 0) is 9.53 Å². The number of aromatic nitrogens is 5. The average Bonchev–Trinajstić information content (AvgIpc) is 3.13. The SMILES string of the molecule is COC(=O)C1CCC(Nc2ncc(C)c(-n3nnc4ccccc43)n2)CC1. The zero-order valence-corrected chi connectivity index (χ0v) is 15.4. The molecule has 3 aromatic rings. The molecule has 0 spiro atoms. The fourth-order valence-electron chi connectivity index (χ4n) is 3.57. The average molecular weight is 366 g/mol. The number of aryl methyl sites for hydroxylation is 1. The summed E-state index contributed by atoms with van der Waals surface area (Å²) < 4.78 is 6.59. The summed E-state index contributed by atoms with van der Waals surface area (Å²) in [6, 6.07) is 8.03. The lowest BCUT2D eigenvalue weighted by Gasteiger charge is -2.27. The molecule has 0 radical (unpaired) electrons. The third kappa shape index (κ3) is 3.47. The Kier molecular flexibility index (Phi) is 4.70. The molecule has 1 saturated carbocycles. The number of benzene rings is 1. The third-order valence-corrected chi connectivity index (χ3v) is 5.09. The molecule has 4 rings (SSSR count). The van der Waals surface area contributed by atoms with Gasteiger partial charge in [-0.05, 0) is 44.7 Å². The fraction of sp³-hybridized carbons (Fsp3) is 0.421. The van der Waals surface area contributed by atoms with Crippen LogP contribution in [0.1, 0.15) is 31.2 Å². The van der Waals surface area contributed by atoms with Crippen molar-refractivity contribution in [3.05, 3.63) is 36.0 Å². The van der Waals surface area contributed by atoms with Crippen molar-refractivity contribution < 1.29 is 9.53 Å². The van der Waals surface area contributed by atoms with Crippen LogP contribution in [0.25, 0.3) is 16.9 Å². The first-order chi connectivity index (χ1) is 13.2. The highest BCUT2D eigenvalue weighted by Crippen LogP contribution is 2.27. The van der Waals surface area contributed by atoms with E-state index < -0.39 is 0 Å². The molecule has 2 heterocycles. The van der Waals surface area contributed by atoms with Gasteiger partial charge in [-0.3, -0.25) is 4.79 Å². The predicted octanol–water partition coefficient (Wildman–Crippen LogP) is 2.66. The molecule has 1 aliphatic rings. The van der Waals surface area contributed by atoms with Gasteiger partial charge in [0.05, 0.1) is 18.5 Å². The fourth-order valence-corrected chi connectivity index (χ4v) is 3.57. The summed E-state index contributed by atoms with van der Waals surface area (Å²) in [7, 11) is 1.45. The van der Waals surface area contributed by atoms with Gasteiger partial charge in [0, 0.05) is 17.8 Å². The van der Waals surface area contributed by atoms with Crippen LogP contribution in [0.15, 0.2) is 30.5 Å². The minimum Gasteiger partial charge on any atom is -0.469 e. The van der Waals surface area contributed by atoms with Crippen LogP contribution in [0.3, 0.4) is 0 Å². The number of hydrogen-bond donors (Lipinski definition) is 1. The molecule has 0 unspecified atom stereocenters. The number of hydrogen-bond acceptors (Lipinski definition) is 7. The zero-order valence-electron chi connectivity index (χ0n) is 15.4. The number of fused-ring (bicyclic) bond motifs is 1. The van der Waals surface area contributed by atoms with Crippen molar-refractivity contribution in [3.8, 4) is 5.82 Å². The van der Waals surface area contributed by atoms with Crippen LogP contribution in [0.5, 0.6) is 0 Å². The lowest BCUT2D eigenvalue weighted by molar-refractivity contribution is -0.146. The Morgan fingerprint density at radius 3 is 2.78 bits per heavy atom. The molecule has 0 saturated heterocycles. The molecule has 27 heavy (non-hydrogen) atoms. The van der Waals surface area contributed by atoms with Gasteiger partial charge in [-0.15, -0.1) is 5.10 Å². The van der Waals surface area contributed by atoms with Gasteiger partial charge >= 0.3 is 5.97 Å². The number of rotatable bonds is 4. The van der Waals surface area contributed by atoms with Gasteiger partial charge in [0.2, 0.25) is 5.95 Å². The Labute approximate surface area is 157 Å². The largest absolute Gasteiger partial charge is 0.469 e. The first kappa shape index (κ1) is 17.4. The van der Waals surface area contributed by atoms with E-state index in [1.165, 1.54) is 7.11 Å². The molecule has 0 atom stereocenters. The Hall–Kier alpha value is -3.03. The molecule has 8 nitrogen and oxygen atoms in total. The topological polar surface area (TPSA) is 94.8 Å². The highest BCUT2D eigenvalue weighted by atomic mass is 16.5. The molecule has 0 bridgehead atoms. The maximum atomic E-state index is 11.7. The van der Waals surface area contributed by atoms with Crippen molar-refractivity contribution in [2.75, 3.05) is 12.4 Å². The highest BCUT2D eigenvalue weighted by Gasteiger charge is 2.27. The van der Waals surface area contributed by atoms with E-state index in [2.05, 4.69) is 25.6 Å². The number of nitrogens with one attached hydrogen (secondary N) is 1. The molecule has 0 aliphatic heterocycles. The van der Waals surface area contributed by atoms with Gasteiger partial charge in [-0.2, -0.15) is 9.67 Å². The summed E-state index contributed by atoms with van der Waals surface area (Å²) in [5.41, 5.74) is 2.65. The summed E-state index contributed by atoms with van der Waals surface area (Å²) in [4.78, 5) is 20.8. The molecule has 1 aliphatic carbocycles. The van der Waals surface area contributed by atoms with Crippen molar-refractivity contribution in [1.29, 1.82) is 0 Å². The van der Waals surface area contributed by atoms with Gasteiger partial charge in [0.1, 0.15) is 5.52 Å². The summed E-state index contributed by atoms with van der Waals surface area (Å²) >= 11 is 0. The molecule has 0 amide bonds. The van der Waals surface area contributed by atoms with Crippen molar-refractivity contribution in [2.45, 2.75) is 38.6 Å². The molecule has 1 aromatic carbocycles. The van der Waals surface area contributed by atoms with Crippen LogP contribution in [0.2, 0.25) is 0 Å². The Balaban J connectivity index is 1.53. The van der Waals surface area contributed by atoms with E-state index in [1.54, 1.807) is 10.9 Å². The van der Waals surface area contributed by atoms with Crippen LogP contribution >= 0.6 is 0 Å². The summed E-state index contributed by atoms with van der Waals surface area (Å²) in [5, 5.41) is 11.9. The van der Waals surface area contributed by atoms with E-state index >= 15 is 0 Å². The van der Waals surface area contributed by atoms with Crippen molar-refractivity contribution >= 4 is 23.0 Å². The number of ether oxygens (including phenoxy) is 1. The summed E-state index contributed by atoms with van der Waals surface area (Å²) in [6.45, 7) is 1.96. The molecule has 2 aromatic heterocycles. The minimum atomic E-state index is -0.111. The van der Waals surface area contributed by atoms with E-state index in [-0.39, 0.29) is 17.9 Å². The smallest absolute Gasteiger partial charge is 0.308 e. The lowest BCUT2D eigenvalue weighted by Crippen LogP contribution is -2.30. The number of anilines is 1. The predicted molar refractivity (Wildman–Crippen MR) is 101 cm³/mol. The molecule has 140 valence electrons. The number of methoxy groups -OCH3 is 1. The highest BCUT2D eigenvalue weighted by molar-refractivity contribution is 5.75. The van der Waals surface area contributed by atoms with Crippen LogP contribution in [0, 0.1) is 12.8 Å². The van der Waals surface area contributed by atoms with Crippen LogP contribution < -0.4 is 5.32 Å². The van der Waals surface area contributed by atoms with E-state index in [4.69, 9.17) is 4.74 Å². The number of carbonyl (C=O) groups excluding carboxylic acids is 1. The van der Waals surface area contributed by atoms with E-state index in [9.17, 15) is 4.79 Å². The molecular weight excluding hydrogens is 344 g/mol. The van der Waals surface area contributed by atoms with E-state index in [0.717, 1.165) is 42.3 Å². The Bertz CT molecular complexity index is 962. The van der Waals surface area contributed by atoms with Crippen molar-refractivity contribution in [1.82, 2.24) is 25.0 Å². The second kappa shape index (κ2) is 7.30. The number of para-hydroxylation sites is 1. The van der Waals surface area contributed by atoms with Gasteiger partial charge in [0.25, 0.3) is 0 Å². The number of carbonyl (C=O) groups is 1. The molecule has 8 heteroatoms. The Morgan fingerprint density at radius 1 is 1.22 bits per heavy atom. The number of esters is 1. The van der Waals surface area contributed by atoms with Gasteiger partial charge < -0.3 is 10.1 Å². The molecule has 1 N–H and O–H groups in total. The van der Waals surface area contributed by atoms with Gasteiger partial charge in [-0.25, -0.2) is 4.98 Å². The number of nitrogens with zero attached hydrogens (tertiary/aromatic N) is 5. The normalized spacial score (nSPS) is 19.8. The molecular formula is C19H22N6O2. The Morgan fingerprint density at radius 2 is 2.00 bits per heavy atom. The second-order valence-corrected chi connectivity index (χ2v) is 6.91. The summed E-state index contributed by atoms with van der Waals surface area (Å²) in [5.74, 6) is 1.17. The first-order valence-electron chi connectivity index (χ1n) is 9.14. The first-order valence-corrected chi connectivity index (χ1v) is 9.14.